The van der Waals surface area contributed by atoms with Gasteiger partial charge in [-0.1, -0.05) is 6.07 Å². The molecule has 6 nitrogen and oxygen atoms in total. The molecule has 0 saturated carbocycles. The quantitative estimate of drug-likeness (QED) is 0.852. The van der Waals surface area contributed by atoms with Gasteiger partial charge in [0.2, 0.25) is 10.0 Å². The maximum Gasteiger partial charge on any atom is 0.243 e. The first-order valence-corrected chi connectivity index (χ1v) is 10.2. The van der Waals surface area contributed by atoms with Crippen molar-refractivity contribution >= 4 is 25.5 Å². The zero-order valence-corrected chi connectivity index (χ0v) is 13.2. The summed E-state index contributed by atoms with van der Waals surface area (Å²) < 4.78 is 49.3. The van der Waals surface area contributed by atoms with Crippen LogP contribution in [-0.4, -0.2) is 52.3 Å². The van der Waals surface area contributed by atoms with Crippen LogP contribution in [-0.2, 0) is 26.3 Å². The van der Waals surface area contributed by atoms with E-state index < -0.39 is 19.9 Å². The Balaban J connectivity index is 1.88. The molecule has 0 unspecified atom stereocenters. The van der Waals surface area contributed by atoms with E-state index in [2.05, 4.69) is 5.32 Å². The van der Waals surface area contributed by atoms with Gasteiger partial charge < -0.3 is 5.32 Å². The lowest BCUT2D eigenvalue weighted by Gasteiger charge is -2.26. The molecule has 1 aromatic carbocycles. The van der Waals surface area contributed by atoms with Crippen LogP contribution in [0.15, 0.2) is 23.1 Å². The first-order valence-electron chi connectivity index (χ1n) is 6.96. The van der Waals surface area contributed by atoms with Crippen LogP contribution in [0.4, 0.5) is 5.69 Å². The molecule has 0 amide bonds. The second-order valence-corrected chi connectivity index (χ2v) is 9.65. The van der Waals surface area contributed by atoms with Crippen LogP contribution in [0.5, 0.6) is 0 Å². The minimum atomic E-state index is -3.62. The lowest BCUT2D eigenvalue weighted by Crippen LogP contribution is -2.43. The Morgan fingerprint density at radius 1 is 1.14 bits per heavy atom. The first-order chi connectivity index (χ1) is 9.88. The van der Waals surface area contributed by atoms with Gasteiger partial charge >= 0.3 is 0 Å². The summed E-state index contributed by atoms with van der Waals surface area (Å²) in [5.41, 5.74) is 1.99. The number of hydrogen-bond donors (Lipinski definition) is 1. The molecule has 0 atom stereocenters. The monoisotopic (exact) mass is 330 g/mol. The highest BCUT2D eigenvalue weighted by Crippen LogP contribution is 2.27. The van der Waals surface area contributed by atoms with Crippen LogP contribution in [0.3, 0.4) is 0 Å². The Hall–Kier alpha value is -1.12. The van der Waals surface area contributed by atoms with Crippen molar-refractivity contribution in [2.24, 2.45) is 0 Å². The van der Waals surface area contributed by atoms with E-state index in [1.807, 2.05) is 6.07 Å². The van der Waals surface area contributed by atoms with Crippen molar-refractivity contribution in [1.82, 2.24) is 4.31 Å². The summed E-state index contributed by atoms with van der Waals surface area (Å²) in [6.07, 6.45) is 1.99. The number of fused-ring (bicyclic) bond motifs is 1. The van der Waals surface area contributed by atoms with E-state index in [0.717, 1.165) is 30.6 Å². The molecule has 1 N–H and O–H groups in total. The van der Waals surface area contributed by atoms with E-state index >= 15 is 0 Å². The molecule has 0 spiro atoms. The van der Waals surface area contributed by atoms with Gasteiger partial charge in [0.05, 0.1) is 16.4 Å². The summed E-state index contributed by atoms with van der Waals surface area (Å²) in [5.74, 6) is -0.204. The predicted octanol–water partition coefficient (Wildman–Crippen LogP) is 0.464. The Morgan fingerprint density at radius 2 is 1.86 bits per heavy atom. The van der Waals surface area contributed by atoms with Gasteiger partial charge in [0.15, 0.2) is 9.84 Å². The summed E-state index contributed by atoms with van der Waals surface area (Å²) in [6, 6.07) is 5.12. The molecule has 2 aliphatic rings. The smallest absolute Gasteiger partial charge is 0.243 e. The molecule has 1 fully saturated rings. The molecule has 0 aliphatic carbocycles. The Kier molecular flexibility index (Phi) is 3.71. The second-order valence-electron chi connectivity index (χ2n) is 5.41. The second kappa shape index (κ2) is 5.26. The molecular weight excluding hydrogens is 312 g/mol. The predicted molar refractivity (Wildman–Crippen MR) is 80.7 cm³/mol. The van der Waals surface area contributed by atoms with Crippen molar-refractivity contribution in [3.8, 4) is 0 Å². The number of nitrogens with zero attached hydrogens (tertiary/aromatic N) is 1. The average molecular weight is 330 g/mol. The van der Waals surface area contributed by atoms with Gasteiger partial charge in [-0.15, -0.1) is 0 Å². The van der Waals surface area contributed by atoms with Gasteiger partial charge in [0.25, 0.3) is 0 Å². The SMILES string of the molecule is O=S1(=O)CCN(S(=O)(=O)c2ccc3c(c2)NCCC3)CC1. The number of benzene rings is 1. The lowest BCUT2D eigenvalue weighted by molar-refractivity contribution is 0.431. The van der Waals surface area contributed by atoms with Crippen molar-refractivity contribution < 1.29 is 16.8 Å². The molecule has 2 heterocycles. The molecule has 21 heavy (non-hydrogen) atoms. The largest absolute Gasteiger partial charge is 0.385 e. The summed E-state index contributed by atoms with van der Waals surface area (Å²) in [4.78, 5) is 0.231. The van der Waals surface area contributed by atoms with E-state index in [9.17, 15) is 16.8 Å². The van der Waals surface area contributed by atoms with Crippen LogP contribution in [0, 0.1) is 0 Å². The summed E-state index contributed by atoms with van der Waals surface area (Å²) in [6.45, 7) is 0.919. The fourth-order valence-electron chi connectivity index (χ4n) is 2.69. The zero-order valence-electron chi connectivity index (χ0n) is 11.6. The topological polar surface area (TPSA) is 83.6 Å². The number of anilines is 1. The summed E-state index contributed by atoms with van der Waals surface area (Å²) in [5, 5.41) is 3.21. The van der Waals surface area contributed by atoms with Gasteiger partial charge in [0.1, 0.15) is 0 Å². The highest BCUT2D eigenvalue weighted by molar-refractivity contribution is 7.92. The lowest BCUT2D eigenvalue weighted by atomic mass is 10.0. The minimum Gasteiger partial charge on any atom is -0.385 e. The highest BCUT2D eigenvalue weighted by atomic mass is 32.2. The third-order valence-corrected chi connectivity index (χ3v) is 7.46. The molecule has 2 aliphatic heterocycles. The molecule has 0 radical (unpaired) electrons. The van der Waals surface area contributed by atoms with Gasteiger partial charge in [-0.05, 0) is 30.5 Å². The molecule has 0 bridgehead atoms. The molecule has 1 aromatic rings. The average Bonchev–Trinajstić information content (AvgIpc) is 2.46. The third-order valence-electron chi connectivity index (χ3n) is 3.96. The Morgan fingerprint density at radius 3 is 2.57 bits per heavy atom. The number of sulfone groups is 1. The maximum atomic E-state index is 12.6. The van der Waals surface area contributed by atoms with Crippen molar-refractivity contribution in [3.63, 3.8) is 0 Å². The van der Waals surface area contributed by atoms with Crippen molar-refractivity contribution in [1.29, 1.82) is 0 Å². The van der Waals surface area contributed by atoms with Gasteiger partial charge in [-0.25, -0.2) is 16.8 Å². The number of rotatable bonds is 2. The van der Waals surface area contributed by atoms with Crippen LogP contribution < -0.4 is 5.32 Å². The van der Waals surface area contributed by atoms with E-state index in [4.69, 9.17) is 0 Å². The van der Waals surface area contributed by atoms with Crippen LogP contribution in [0.2, 0.25) is 0 Å². The van der Waals surface area contributed by atoms with E-state index in [1.165, 1.54) is 4.31 Å². The number of nitrogens with one attached hydrogen (secondary N) is 1. The summed E-state index contributed by atoms with van der Waals surface area (Å²) in [7, 11) is -6.71. The molecule has 1 saturated heterocycles. The van der Waals surface area contributed by atoms with Gasteiger partial charge in [-0.2, -0.15) is 4.31 Å². The third kappa shape index (κ3) is 2.93. The Bertz CT molecular complexity index is 742. The maximum absolute atomic E-state index is 12.6. The van der Waals surface area contributed by atoms with Crippen molar-refractivity contribution in [2.45, 2.75) is 17.7 Å². The van der Waals surface area contributed by atoms with Crippen molar-refractivity contribution in [2.75, 3.05) is 36.5 Å². The fourth-order valence-corrected chi connectivity index (χ4v) is 5.59. The van der Waals surface area contributed by atoms with E-state index in [1.54, 1.807) is 12.1 Å². The number of hydrogen-bond acceptors (Lipinski definition) is 5. The normalized spacial score (nSPS) is 22.3. The fraction of sp³-hybridized carbons (Fsp3) is 0.538. The molecular formula is C13H18N2O4S2. The molecule has 8 heteroatoms. The molecule has 3 rings (SSSR count). The molecule has 116 valence electrons. The van der Waals surface area contributed by atoms with E-state index in [0.29, 0.717) is 0 Å². The first kappa shape index (κ1) is 14.8. The number of sulfonamides is 1. The highest BCUT2D eigenvalue weighted by Gasteiger charge is 2.31. The summed E-state index contributed by atoms with van der Waals surface area (Å²) >= 11 is 0. The Labute approximate surface area is 125 Å². The van der Waals surface area contributed by atoms with Gasteiger partial charge in [-0.3, -0.25) is 0 Å². The molecule has 0 aromatic heterocycles. The van der Waals surface area contributed by atoms with E-state index in [-0.39, 0.29) is 29.5 Å². The van der Waals surface area contributed by atoms with Gasteiger partial charge in [0, 0.05) is 25.3 Å². The zero-order chi connectivity index (χ0) is 15.1. The minimum absolute atomic E-state index is 0.0369. The van der Waals surface area contributed by atoms with Crippen LogP contribution in [0.1, 0.15) is 12.0 Å². The standard InChI is InChI=1S/C13H18N2O4S2/c16-20(17)8-6-15(7-9-20)21(18,19)12-4-3-11-2-1-5-14-13(11)10-12/h3-4,10,14H,1-2,5-9H2. The van der Waals surface area contributed by atoms with Crippen molar-refractivity contribution in [3.05, 3.63) is 23.8 Å². The van der Waals surface area contributed by atoms with Crippen LogP contribution in [0.25, 0.3) is 0 Å². The number of aryl methyl sites for hydroxylation is 1. The van der Waals surface area contributed by atoms with Crippen LogP contribution >= 0.6 is 0 Å².